The van der Waals surface area contributed by atoms with E-state index in [2.05, 4.69) is 4.98 Å². The number of aryl methyl sites for hydroxylation is 1. The van der Waals surface area contributed by atoms with Crippen LogP contribution in [0.4, 0.5) is 4.39 Å². The van der Waals surface area contributed by atoms with Gasteiger partial charge < -0.3 is 4.74 Å². The van der Waals surface area contributed by atoms with Crippen LogP contribution in [0, 0.1) is 12.7 Å². The number of aldehydes is 1. The number of halogens is 1. The van der Waals surface area contributed by atoms with Crippen molar-refractivity contribution in [3.05, 3.63) is 40.8 Å². The molecule has 0 atom stereocenters. The third-order valence-electron chi connectivity index (χ3n) is 3.10. The lowest BCUT2D eigenvalue weighted by atomic mass is 10.1. The molecule has 0 saturated carbocycles. The number of hydrogen-bond acceptors (Lipinski definition) is 4. The molecule has 3 aromatic rings. The van der Waals surface area contributed by atoms with Crippen LogP contribution >= 0.6 is 11.3 Å². The van der Waals surface area contributed by atoms with Crippen molar-refractivity contribution >= 4 is 22.6 Å². The number of imidazole rings is 1. The molecule has 0 N–H and O–H groups in total. The van der Waals surface area contributed by atoms with E-state index in [0.29, 0.717) is 27.7 Å². The lowest BCUT2D eigenvalue weighted by molar-refractivity contribution is 0.111. The molecule has 0 saturated heterocycles. The van der Waals surface area contributed by atoms with Crippen LogP contribution in [-0.2, 0) is 0 Å². The molecule has 0 fully saturated rings. The first-order chi connectivity index (χ1) is 9.65. The highest BCUT2D eigenvalue weighted by Crippen LogP contribution is 2.34. The average molecular weight is 290 g/mol. The molecule has 0 bridgehead atoms. The number of benzene rings is 1. The number of hydrogen-bond donors (Lipinski definition) is 0. The Morgan fingerprint density at radius 1 is 1.45 bits per heavy atom. The number of methoxy groups -OCH3 is 1. The van der Waals surface area contributed by atoms with Crippen molar-refractivity contribution in [3.8, 4) is 17.0 Å². The maximum Gasteiger partial charge on any atom is 0.195 e. The number of ether oxygens (including phenoxy) is 1. The summed E-state index contributed by atoms with van der Waals surface area (Å²) >= 11 is 1.44. The molecule has 0 amide bonds. The van der Waals surface area contributed by atoms with E-state index in [4.69, 9.17) is 4.74 Å². The standard InChI is InChI=1S/C14H11FN2O2S/c1-8-7-20-14-16-13(11(6-18)17(8)14)10-5-9(15)3-4-12(10)19-2/h3-7H,1-2H3. The Morgan fingerprint density at radius 3 is 2.95 bits per heavy atom. The summed E-state index contributed by atoms with van der Waals surface area (Å²) in [5, 5.41) is 1.92. The first kappa shape index (κ1) is 12.8. The molecule has 6 heteroatoms. The molecule has 2 aromatic heterocycles. The van der Waals surface area contributed by atoms with Gasteiger partial charge >= 0.3 is 0 Å². The summed E-state index contributed by atoms with van der Waals surface area (Å²) in [7, 11) is 1.50. The predicted octanol–water partition coefficient (Wildman–Crippen LogP) is 3.33. The summed E-state index contributed by atoms with van der Waals surface area (Å²) in [4.78, 5) is 16.5. The monoisotopic (exact) mass is 290 g/mol. The number of thiazole rings is 1. The SMILES string of the molecule is COc1ccc(F)cc1-c1nc2scc(C)n2c1C=O. The highest BCUT2D eigenvalue weighted by Gasteiger charge is 2.19. The van der Waals surface area contributed by atoms with Gasteiger partial charge in [-0.15, -0.1) is 11.3 Å². The van der Waals surface area contributed by atoms with Crippen molar-refractivity contribution in [1.82, 2.24) is 9.38 Å². The lowest BCUT2D eigenvalue weighted by Crippen LogP contribution is -1.95. The Kier molecular flexibility index (Phi) is 3.02. The second-order valence-electron chi connectivity index (χ2n) is 4.30. The molecule has 0 unspecified atom stereocenters. The fraction of sp³-hybridized carbons (Fsp3) is 0.143. The average Bonchev–Trinajstić information content (AvgIpc) is 2.98. The van der Waals surface area contributed by atoms with Crippen LogP contribution < -0.4 is 4.74 Å². The number of rotatable bonds is 3. The van der Waals surface area contributed by atoms with Gasteiger partial charge in [0.05, 0.1) is 7.11 Å². The van der Waals surface area contributed by atoms with Crippen molar-refractivity contribution < 1.29 is 13.9 Å². The van der Waals surface area contributed by atoms with Gasteiger partial charge in [-0.25, -0.2) is 9.37 Å². The molecule has 0 aliphatic rings. The van der Waals surface area contributed by atoms with E-state index in [9.17, 15) is 9.18 Å². The van der Waals surface area contributed by atoms with E-state index in [0.717, 1.165) is 12.0 Å². The van der Waals surface area contributed by atoms with E-state index < -0.39 is 5.82 Å². The van der Waals surface area contributed by atoms with Gasteiger partial charge in [0.2, 0.25) is 0 Å². The van der Waals surface area contributed by atoms with Crippen LogP contribution in [0.25, 0.3) is 16.2 Å². The summed E-state index contributed by atoms with van der Waals surface area (Å²) in [5.41, 5.74) is 2.24. The molecular weight excluding hydrogens is 279 g/mol. The Balaban J connectivity index is 2.34. The van der Waals surface area contributed by atoms with Gasteiger partial charge in [-0.2, -0.15) is 0 Å². The fourth-order valence-corrected chi connectivity index (χ4v) is 3.07. The Hall–Kier alpha value is -2.21. The molecule has 0 spiro atoms. The zero-order chi connectivity index (χ0) is 14.3. The van der Waals surface area contributed by atoms with Crippen LogP contribution in [0.1, 0.15) is 16.2 Å². The second-order valence-corrected chi connectivity index (χ2v) is 5.14. The van der Waals surface area contributed by atoms with Crippen LogP contribution in [0.5, 0.6) is 5.75 Å². The van der Waals surface area contributed by atoms with E-state index in [1.54, 1.807) is 4.40 Å². The van der Waals surface area contributed by atoms with Gasteiger partial charge in [0.25, 0.3) is 0 Å². The molecule has 3 rings (SSSR count). The van der Waals surface area contributed by atoms with Gasteiger partial charge in [0, 0.05) is 16.6 Å². The number of carbonyl (C=O) groups excluding carboxylic acids is 1. The molecule has 2 heterocycles. The second kappa shape index (κ2) is 4.72. The van der Waals surface area contributed by atoms with Crippen LogP contribution in [-0.4, -0.2) is 22.8 Å². The summed E-state index contributed by atoms with van der Waals surface area (Å²) in [5.74, 6) is 0.0867. The fourth-order valence-electron chi connectivity index (χ4n) is 2.19. The lowest BCUT2D eigenvalue weighted by Gasteiger charge is -2.07. The van der Waals surface area contributed by atoms with Gasteiger partial charge in [-0.05, 0) is 25.1 Å². The molecule has 0 aliphatic carbocycles. The number of nitrogens with zero attached hydrogens (tertiary/aromatic N) is 2. The topological polar surface area (TPSA) is 43.6 Å². The Labute approximate surface area is 118 Å². The predicted molar refractivity (Wildman–Crippen MR) is 75.1 cm³/mol. The molecule has 1 aromatic carbocycles. The molecule has 0 aliphatic heterocycles. The molecule has 20 heavy (non-hydrogen) atoms. The maximum atomic E-state index is 13.5. The minimum Gasteiger partial charge on any atom is -0.496 e. The van der Waals surface area contributed by atoms with E-state index in [-0.39, 0.29) is 0 Å². The summed E-state index contributed by atoms with van der Waals surface area (Å²) in [6.45, 7) is 1.89. The molecular formula is C14H11FN2O2S. The smallest absolute Gasteiger partial charge is 0.195 e. The minimum absolute atomic E-state index is 0.397. The van der Waals surface area contributed by atoms with Crippen molar-refractivity contribution in [1.29, 1.82) is 0 Å². The largest absolute Gasteiger partial charge is 0.496 e. The number of carbonyl (C=O) groups is 1. The van der Waals surface area contributed by atoms with Gasteiger partial charge in [0.1, 0.15) is 23.0 Å². The summed E-state index contributed by atoms with van der Waals surface area (Å²) in [6, 6.07) is 4.17. The summed E-state index contributed by atoms with van der Waals surface area (Å²) in [6.07, 6.45) is 0.736. The normalized spacial score (nSPS) is 10.9. The Bertz CT molecular complexity index is 807. The van der Waals surface area contributed by atoms with E-state index in [1.165, 1.54) is 36.6 Å². The van der Waals surface area contributed by atoms with E-state index in [1.807, 2.05) is 12.3 Å². The van der Waals surface area contributed by atoms with Crippen LogP contribution in [0.2, 0.25) is 0 Å². The highest BCUT2D eigenvalue weighted by molar-refractivity contribution is 7.15. The molecule has 4 nitrogen and oxygen atoms in total. The van der Waals surface area contributed by atoms with E-state index >= 15 is 0 Å². The minimum atomic E-state index is -0.397. The van der Waals surface area contributed by atoms with Crippen LogP contribution in [0.15, 0.2) is 23.6 Å². The Morgan fingerprint density at radius 2 is 2.25 bits per heavy atom. The zero-order valence-electron chi connectivity index (χ0n) is 10.9. The third-order valence-corrected chi connectivity index (χ3v) is 4.04. The molecule has 0 radical (unpaired) electrons. The van der Waals surface area contributed by atoms with Crippen molar-refractivity contribution in [3.63, 3.8) is 0 Å². The molecule has 102 valence electrons. The van der Waals surface area contributed by atoms with Crippen LogP contribution in [0.3, 0.4) is 0 Å². The van der Waals surface area contributed by atoms with Crippen molar-refractivity contribution in [2.24, 2.45) is 0 Å². The van der Waals surface area contributed by atoms with Gasteiger partial charge in [-0.3, -0.25) is 9.20 Å². The first-order valence-corrected chi connectivity index (χ1v) is 6.79. The third kappa shape index (κ3) is 1.80. The highest BCUT2D eigenvalue weighted by atomic mass is 32.1. The van der Waals surface area contributed by atoms with Gasteiger partial charge in [-0.1, -0.05) is 0 Å². The zero-order valence-corrected chi connectivity index (χ0v) is 11.7. The maximum absolute atomic E-state index is 13.5. The van der Waals surface area contributed by atoms with Crippen molar-refractivity contribution in [2.45, 2.75) is 6.92 Å². The van der Waals surface area contributed by atoms with Crippen molar-refractivity contribution in [2.75, 3.05) is 7.11 Å². The summed E-state index contributed by atoms with van der Waals surface area (Å²) < 4.78 is 20.5. The number of fused-ring (bicyclic) bond motifs is 1. The number of aromatic nitrogens is 2. The quantitative estimate of drug-likeness (QED) is 0.695. The first-order valence-electron chi connectivity index (χ1n) is 5.91. The van der Waals surface area contributed by atoms with Gasteiger partial charge in [0.15, 0.2) is 11.2 Å².